The Morgan fingerprint density at radius 3 is 2.49 bits per heavy atom. The van der Waals surface area contributed by atoms with Crippen LogP contribution in [0.25, 0.3) is 10.8 Å². The third-order valence-electron chi connectivity index (χ3n) is 6.45. The fourth-order valence-corrected chi connectivity index (χ4v) is 4.69. The van der Waals surface area contributed by atoms with E-state index in [2.05, 4.69) is 5.32 Å². The van der Waals surface area contributed by atoms with Crippen LogP contribution in [0.3, 0.4) is 0 Å². The zero-order chi connectivity index (χ0) is 26.1. The van der Waals surface area contributed by atoms with E-state index in [1.807, 2.05) is 42.5 Å². The highest BCUT2D eigenvalue weighted by molar-refractivity contribution is 6.32. The molecule has 2 unspecified atom stereocenters. The van der Waals surface area contributed by atoms with Crippen molar-refractivity contribution < 1.29 is 19.8 Å². The molecule has 37 heavy (non-hydrogen) atoms. The molecule has 0 aromatic heterocycles. The molecular weight excluding hydrogens is 490 g/mol. The summed E-state index contributed by atoms with van der Waals surface area (Å²) >= 11 is 6.29. The van der Waals surface area contributed by atoms with E-state index in [0.717, 1.165) is 16.3 Å². The van der Waals surface area contributed by atoms with Crippen LogP contribution in [-0.2, 0) is 16.0 Å². The number of phenolic OH excluding ortho intramolecular Hbond substituents is 1. The number of likely N-dealkylation sites (N-methyl/N-ethyl adjacent to an activating group) is 1. The smallest absolute Gasteiger partial charge is 0.321 e. The van der Waals surface area contributed by atoms with E-state index in [1.54, 1.807) is 37.4 Å². The van der Waals surface area contributed by atoms with Crippen molar-refractivity contribution in [3.63, 3.8) is 0 Å². The molecule has 4 aromatic rings. The number of amides is 1. The van der Waals surface area contributed by atoms with Crippen molar-refractivity contribution in [2.24, 2.45) is 4.99 Å². The molecule has 186 valence electrons. The van der Waals surface area contributed by atoms with Gasteiger partial charge in [-0.15, -0.1) is 0 Å². The molecule has 8 heteroatoms. The minimum Gasteiger partial charge on any atom is -0.508 e. The van der Waals surface area contributed by atoms with Crippen LogP contribution < -0.4 is 10.2 Å². The molecule has 5 rings (SSSR count). The van der Waals surface area contributed by atoms with Crippen LogP contribution in [0.1, 0.15) is 16.7 Å². The predicted octanol–water partition coefficient (Wildman–Crippen LogP) is 4.62. The normalized spacial score (nSPS) is 16.2. The summed E-state index contributed by atoms with van der Waals surface area (Å²) in [6.45, 7) is 0. The number of aromatic hydroxyl groups is 1. The number of nitrogens with one attached hydrogen (secondary N) is 1. The maximum Gasteiger partial charge on any atom is 0.321 e. The van der Waals surface area contributed by atoms with Crippen LogP contribution >= 0.6 is 11.6 Å². The van der Waals surface area contributed by atoms with Gasteiger partial charge in [0.1, 0.15) is 11.8 Å². The van der Waals surface area contributed by atoms with Gasteiger partial charge in [0.15, 0.2) is 6.17 Å². The van der Waals surface area contributed by atoms with Crippen molar-refractivity contribution >= 4 is 45.6 Å². The summed E-state index contributed by atoms with van der Waals surface area (Å²) in [4.78, 5) is 32.0. The van der Waals surface area contributed by atoms with Crippen molar-refractivity contribution in [3.8, 4) is 5.75 Å². The van der Waals surface area contributed by atoms with Gasteiger partial charge in [-0.05, 0) is 65.2 Å². The molecule has 1 amide bonds. The second-order valence-electron chi connectivity index (χ2n) is 8.93. The van der Waals surface area contributed by atoms with Crippen LogP contribution in [0.4, 0.5) is 5.69 Å². The standard InChI is InChI=1S/C29H24ClN3O4/c1-33-25-13-10-21(30)16-23(25)26(19-8-11-22(34)12-9-19)32-27(28(33)35)31-24(29(36)37)15-17-6-7-18-4-2-3-5-20(18)14-17/h2-14,16,24,27,31,34H,15H2,1H3,(H,36,37). The number of nitrogens with zero attached hydrogens (tertiary/aromatic N) is 2. The Morgan fingerprint density at radius 2 is 1.76 bits per heavy atom. The quantitative estimate of drug-likeness (QED) is 0.349. The minimum absolute atomic E-state index is 0.0912. The number of benzene rings is 4. The lowest BCUT2D eigenvalue weighted by molar-refractivity contribution is -0.139. The summed E-state index contributed by atoms with van der Waals surface area (Å²) in [6, 6.07) is 24.2. The molecule has 3 N–H and O–H groups in total. The fraction of sp³-hybridized carbons (Fsp3) is 0.138. The number of halogens is 1. The lowest BCUT2D eigenvalue weighted by Crippen LogP contribution is -2.51. The highest BCUT2D eigenvalue weighted by atomic mass is 35.5. The number of aliphatic carboxylic acids is 1. The number of aliphatic imine (C=N–C) groups is 1. The molecule has 1 aliphatic heterocycles. The monoisotopic (exact) mass is 513 g/mol. The van der Waals surface area contributed by atoms with Crippen molar-refractivity contribution in [2.45, 2.75) is 18.6 Å². The number of hydrogen-bond donors (Lipinski definition) is 3. The Hall–Kier alpha value is -4.20. The molecule has 1 aliphatic rings. The third-order valence-corrected chi connectivity index (χ3v) is 6.68. The third kappa shape index (κ3) is 5.05. The first-order chi connectivity index (χ1) is 17.8. The van der Waals surface area contributed by atoms with Gasteiger partial charge in [-0.1, -0.05) is 54.1 Å². The van der Waals surface area contributed by atoms with Gasteiger partial charge in [0.2, 0.25) is 0 Å². The van der Waals surface area contributed by atoms with Gasteiger partial charge in [-0.25, -0.2) is 0 Å². The Labute approximate surface area is 218 Å². The number of hydrogen-bond acceptors (Lipinski definition) is 5. The number of fused-ring (bicyclic) bond motifs is 2. The average Bonchev–Trinajstić information content (AvgIpc) is 2.99. The van der Waals surface area contributed by atoms with Gasteiger partial charge in [0.25, 0.3) is 5.91 Å². The molecule has 4 aromatic carbocycles. The molecule has 0 spiro atoms. The summed E-state index contributed by atoms with van der Waals surface area (Å²) in [5.41, 5.74) is 3.15. The predicted molar refractivity (Wildman–Crippen MR) is 145 cm³/mol. The van der Waals surface area contributed by atoms with Gasteiger partial charge in [0.05, 0.1) is 11.4 Å². The van der Waals surface area contributed by atoms with Crippen LogP contribution in [0, 0.1) is 0 Å². The largest absolute Gasteiger partial charge is 0.508 e. The van der Waals surface area contributed by atoms with E-state index in [9.17, 15) is 19.8 Å². The minimum atomic E-state index is -1.17. The number of carbonyl (C=O) groups excluding carboxylic acids is 1. The Balaban J connectivity index is 1.53. The molecule has 1 heterocycles. The Bertz CT molecular complexity index is 1530. The van der Waals surface area contributed by atoms with Crippen LogP contribution in [0.2, 0.25) is 5.02 Å². The van der Waals surface area contributed by atoms with E-state index in [4.69, 9.17) is 16.6 Å². The lowest BCUT2D eigenvalue weighted by atomic mass is 10.00. The first-order valence-corrected chi connectivity index (χ1v) is 12.1. The number of benzodiazepines with no additional fused rings is 1. The lowest BCUT2D eigenvalue weighted by Gasteiger charge is -2.23. The van der Waals surface area contributed by atoms with Crippen molar-refractivity contribution in [2.75, 3.05) is 11.9 Å². The van der Waals surface area contributed by atoms with Crippen LogP contribution in [0.5, 0.6) is 5.75 Å². The Morgan fingerprint density at radius 1 is 1.03 bits per heavy atom. The number of carbonyl (C=O) groups is 2. The van der Waals surface area contributed by atoms with Crippen molar-refractivity contribution in [3.05, 3.63) is 107 Å². The maximum atomic E-state index is 13.5. The number of carboxylic acids is 1. The van der Waals surface area contributed by atoms with Crippen molar-refractivity contribution in [1.82, 2.24) is 5.32 Å². The first kappa shape index (κ1) is 24.5. The maximum absolute atomic E-state index is 13.5. The molecular formula is C29H24ClN3O4. The second-order valence-corrected chi connectivity index (χ2v) is 9.37. The molecule has 7 nitrogen and oxygen atoms in total. The van der Waals surface area contributed by atoms with E-state index in [1.165, 1.54) is 17.0 Å². The molecule has 2 atom stereocenters. The van der Waals surface area contributed by atoms with Gasteiger partial charge >= 0.3 is 5.97 Å². The summed E-state index contributed by atoms with van der Waals surface area (Å²) < 4.78 is 0. The van der Waals surface area contributed by atoms with Crippen LogP contribution in [-0.4, -0.2) is 47.1 Å². The second kappa shape index (κ2) is 10.0. The van der Waals surface area contributed by atoms with E-state index in [-0.39, 0.29) is 12.2 Å². The van der Waals surface area contributed by atoms with Gasteiger partial charge in [-0.2, -0.15) is 0 Å². The summed E-state index contributed by atoms with van der Waals surface area (Å²) in [5.74, 6) is -1.40. The van der Waals surface area contributed by atoms with E-state index >= 15 is 0 Å². The molecule has 0 bridgehead atoms. The highest BCUT2D eigenvalue weighted by Gasteiger charge is 2.33. The average molecular weight is 514 g/mol. The highest BCUT2D eigenvalue weighted by Crippen LogP contribution is 2.30. The SMILES string of the molecule is CN1C(=O)C(NC(Cc2ccc3ccccc3c2)C(=O)O)N=C(c2ccc(O)cc2)c2cc(Cl)ccc21. The first-order valence-electron chi connectivity index (χ1n) is 11.7. The van der Waals surface area contributed by atoms with Crippen LogP contribution in [0.15, 0.2) is 89.9 Å². The molecule has 0 fully saturated rings. The topological polar surface area (TPSA) is 102 Å². The number of rotatable bonds is 6. The van der Waals surface area contributed by atoms with Gasteiger partial charge in [-0.3, -0.25) is 19.9 Å². The van der Waals surface area contributed by atoms with E-state index in [0.29, 0.717) is 27.5 Å². The fourth-order valence-electron chi connectivity index (χ4n) is 4.51. The van der Waals surface area contributed by atoms with E-state index < -0.39 is 24.1 Å². The summed E-state index contributed by atoms with van der Waals surface area (Å²) in [7, 11) is 1.62. The molecule has 0 saturated heterocycles. The zero-order valence-corrected chi connectivity index (χ0v) is 20.7. The molecule has 0 saturated carbocycles. The number of anilines is 1. The van der Waals surface area contributed by atoms with Gasteiger partial charge < -0.3 is 15.1 Å². The van der Waals surface area contributed by atoms with Gasteiger partial charge in [0, 0.05) is 23.2 Å². The zero-order valence-electron chi connectivity index (χ0n) is 19.9. The van der Waals surface area contributed by atoms with Crippen molar-refractivity contribution in [1.29, 1.82) is 0 Å². The number of phenols is 1. The molecule has 0 radical (unpaired) electrons. The summed E-state index contributed by atoms with van der Waals surface area (Å²) in [5, 5.41) is 25.3. The Kier molecular flexibility index (Phi) is 6.65. The number of carboxylic acid groups (broad SMARTS) is 1. The molecule has 0 aliphatic carbocycles. The summed E-state index contributed by atoms with van der Waals surface area (Å²) in [6.07, 6.45) is -1.00.